The van der Waals surface area contributed by atoms with Gasteiger partial charge in [-0.15, -0.1) is 13.2 Å². The fourth-order valence-electron chi connectivity index (χ4n) is 7.52. The maximum Gasteiger partial charge on any atom is 0.313 e. The molecule has 5 rings (SSSR count). The Hall–Kier alpha value is -3.99. The van der Waals surface area contributed by atoms with Crippen LogP contribution >= 0.6 is 11.6 Å². The first-order valence-corrected chi connectivity index (χ1v) is 16.4. The van der Waals surface area contributed by atoms with Crippen molar-refractivity contribution in [2.24, 2.45) is 11.8 Å². The first-order chi connectivity index (χ1) is 22.6. The molecule has 2 aromatic carbocycles. The normalized spacial score (nSPS) is 25.5. The summed E-state index contributed by atoms with van der Waals surface area (Å²) in [5.41, 5.74) is 0.627. The van der Waals surface area contributed by atoms with Crippen molar-refractivity contribution in [3.63, 3.8) is 0 Å². The van der Waals surface area contributed by atoms with Gasteiger partial charge in [0.2, 0.25) is 11.8 Å². The van der Waals surface area contributed by atoms with Crippen LogP contribution in [0.3, 0.4) is 0 Å². The second-order valence-electron chi connectivity index (χ2n) is 12.4. The lowest BCUT2D eigenvalue weighted by molar-refractivity contribution is -0.162. The molecule has 3 amide bonds. The molecule has 3 fully saturated rings. The van der Waals surface area contributed by atoms with Crippen LogP contribution < -0.4 is 10.2 Å². The number of ether oxygens (including phenoxy) is 2. The van der Waals surface area contributed by atoms with Crippen LogP contribution in [0.15, 0.2) is 73.8 Å². The maximum absolute atomic E-state index is 14.6. The molecule has 3 aliphatic rings. The van der Waals surface area contributed by atoms with Crippen molar-refractivity contribution in [2.45, 2.75) is 69.4 Å². The molecule has 250 valence electrons. The molecule has 11 heteroatoms. The van der Waals surface area contributed by atoms with Crippen LogP contribution in [0.4, 0.5) is 5.69 Å². The van der Waals surface area contributed by atoms with Crippen molar-refractivity contribution in [1.29, 1.82) is 0 Å². The zero-order chi connectivity index (χ0) is 33.9. The zero-order valence-electron chi connectivity index (χ0n) is 26.8. The number of aryl methyl sites for hydroxylation is 1. The molecule has 3 aliphatic heterocycles. The van der Waals surface area contributed by atoms with Crippen molar-refractivity contribution >= 4 is 41.0 Å². The van der Waals surface area contributed by atoms with E-state index in [1.807, 2.05) is 43.3 Å². The van der Waals surface area contributed by atoms with Gasteiger partial charge in [0.25, 0.3) is 5.91 Å². The van der Waals surface area contributed by atoms with Gasteiger partial charge in [-0.2, -0.15) is 0 Å². The number of hydrogen-bond donors (Lipinski definition) is 2. The number of amides is 3. The molecule has 0 saturated carbocycles. The number of esters is 1. The third-order valence-corrected chi connectivity index (χ3v) is 9.78. The number of allylic oxidation sites excluding steroid dienone is 1. The highest BCUT2D eigenvalue weighted by atomic mass is 35.5. The zero-order valence-corrected chi connectivity index (χ0v) is 27.5. The Balaban J connectivity index is 1.47. The van der Waals surface area contributed by atoms with Crippen LogP contribution in [0, 0.1) is 18.8 Å². The summed E-state index contributed by atoms with van der Waals surface area (Å²) in [6, 6.07) is 12.7. The van der Waals surface area contributed by atoms with Crippen molar-refractivity contribution < 1.29 is 33.8 Å². The molecular weight excluding hydrogens is 622 g/mol. The van der Waals surface area contributed by atoms with E-state index in [1.54, 1.807) is 31.2 Å². The average molecular weight is 664 g/mol. The number of nitrogens with one attached hydrogen (secondary N) is 1. The number of aliphatic hydroxyl groups excluding tert-OH is 1. The Kier molecular flexibility index (Phi) is 10.5. The number of likely N-dealkylation sites (tertiary alicyclic amines) is 1. The van der Waals surface area contributed by atoms with Crippen LogP contribution in [0.25, 0.3) is 0 Å². The van der Waals surface area contributed by atoms with Crippen LogP contribution in [0.1, 0.15) is 49.8 Å². The van der Waals surface area contributed by atoms with Crippen molar-refractivity contribution in [2.75, 3.05) is 24.6 Å². The minimum absolute atomic E-state index is 0.117. The number of carbonyl (C=O) groups is 4. The first kappa shape index (κ1) is 34.3. The smallest absolute Gasteiger partial charge is 0.313 e. The van der Waals surface area contributed by atoms with Crippen LogP contribution in [0.2, 0.25) is 5.02 Å². The van der Waals surface area contributed by atoms with Crippen LogP contribution in [-0.4, -0.2) is 77.2 Å². The lowest BCUT2D eigenvalue weighted by Crippen LogP contribution is -2.57. The maximum atomic E-state index is 14.6. The number of halogens is 1. The van der Waals surface area contributed by atoms with E-state index in [4.69, 9.17) is 21.1 Å². The van der Waals surface area contributed by atoms with Gasteiger partial charge < -0.3 is 29.7 Å². The third kappa shape index (κ3) is 6.34. The van der Waals surface area contributed by atoms with Gasteiger partial charge in [0.15, 0.2) is 0 Å². The molecule has 2 bridgehead atoms. The van der Waals surface area contributed by atoms with E-state index < -0.39 is 59.5 Å². The fraction of sp³-hybridized carbons (Fsp3) is 0.444. The summed E-state index contributed by atoms with van der Waals surface area (Å²) < 4.78 is 12.7. The van der Waals surface area contributed by atoms with E-state index in [9.17, 15) is 24.3 Å². The summed E-state index contributed by atoms with van der Waals surface area (Å²) in [5, 5.41) is 13.3. The lowest BCUT2D eigenvalue weighted by Gasteiger charge is -2.37. The number of carbonyl (C=O) groups excluding carboxylic acids is 4. The Bertz CT molecular complexity index is 1510. The molecule has 47 heavy (non-hydrogen) atoms. The van der Waals surface area contributed by atoms with Gasteiger partial charge in [0.1, 0.15) is 17.7 Å². The number of anilines is 1. The topological polar surface area (TPSA) is 125 Å². The van der Waals surface area contributed by atoms with Gasteiger partial charge in [0.05, 0.1) is 41.3 Å². The number of benzene rings is 2. The minimum Gasteiger partial charge on any atom is -0.455 e. The molecule has 0 aromatic heterocycles. The molecule has 2 aromatic rings. The van der Waals surface area contributed by atoms with Gasteiger partial charge in [-0.1, -0.05) is 66.2 Å². The van der Waals surface area contributed by atoms with Gasteiger partial charge >= 0.3 is 5.97 Å². The summed E-state index contributed by atoms with van der Waals surface area (Å²) >= 11 is 6.60. The van der Waals surface area contributed by atoms with E-state index >= 15 is 0 Å². The average Bonchev–Trinajstić information content (AvgIpc) is 3.69. The second-order valence-corrected chi connectivity index (χ2v) is 12.8. The molecule has 0 unspecified atom stereocenters. The number of aliphatic hydroxyl groups is 1. The summed E-state index contributed by atoms with van der Waals surface area (Å²) in [5.74, 6) is -3.71. The van der Waals surface area contributed by atoms with E-state index in [0.717, 1.165) is 5.56 Å². The van der Waals surface area contributed by atoms with Crippen molar-refractivity contribution in [1.82, 2.24) is 10.2 Å². The second kappa shape index (κ2) is 14.4. The van der Waals surface area contributed by atoms with Crippen molar-refractivity contribution in [3.05, 3.63) is 90.0 Å². The third-order valence-electron chi connectivity index (χ3n) is 9.47. The molecule has 0 aliphatic carbocycles. The number of hydrogen-bond acceptors (Lipinski definition) is 7. The first-order valence-electron chi connectivity index (χ1n) is 16.0. The molecule has 0 radical (unpaired) electrons. The van der Waals surface area contributed by atoms with Crippen LogP contribution in [0.5, 0.6) is 0 Å². The Morgan fingerprint density at radius 3 is 2.60 bits per heavy atom. The Morgan fingerprint density at radius 1 is 1.19 bits per heavy atom. The fourth-order valence-corrected chi connectivity index (χ4v) is 7.85. The quantitative estimate of drug-likeness (QED) is 0.228. The summed E-state index contributed by atoms with van der Waals surface area (Å²) in [7, 11) is 0. The van der Waals surface area contributed by atoms with E-state index in [-0.39, 0.29) is 32.0 Å². The molecule has 2 N–H and O–H groups in total. The summed E-state index contributed by atoms with van der Waals surface area (Å²) in [6.07, 6.45) is 3.31. The van der Waals surface area contributed by atoms with Crippen LogP contribution in [-0.2, 0) is 28.7 Å². The predicted octanol–water partition coefficient (Wildman–Crippen LogP) is 4.29. The number of nitrogens with zero attached hydrogens (tertiary/aromatic N) is 2. The summed E-state index contributed by atoms with van der Waals surface area (Å²) in [4.78, 5) is 58.4. The Labute approximate surface area is 280 Å². The highest BCUT2D eigenvalue weighted by Crippen LogP contribution is 2.59. The Morgan fingerprint density at radius 2 is 1.94 bits per heavy atom. The van der Waals surface area contributed by atoms with Gasteiger partial charge in [-0.05, 0) is 50.3 Å². The van der Waals surface area contributed by atoms with Gasteiger partial charge in [-0.3, -0.25) is 19.2 Å². The lowest BCUT2D eigenvalue weighted by atomic mass is 9.70. The highest BCUT2D eigenvalue weighted by Gasteiger charge is 2.75. The number of fused-ring (bicyclic) bond motifs is 1. The number of rotatable bonds is 14. The van der Waals surface area contributed by atoms with Gasteiger partial charge in [-0.25, -0.2) is 0 Å². The van der Waals surface area contributed by atoms with E-state index in [2.05, 4.69) is 18.5 Å². The van der Waals surface area contributed by atoms with Gasteiger partial charge in [0, 0.05) is 19.5 Å². The molecule has 1 spiro atoms. The summed E-state index contributed by atoms with van der Waals surface area (Å²) in [6.45, 7) is 10.7. The number of β-amino-alcohol motifs (C(OH)–C–C–N with tert-alkyl or cyclic N) is 1. The SMILES string of the molecule is C=CCCC(=O)N[C@H](C)[C@@H](OC(=O)[C@@H]1[C@@H]2CC[C@]3(O2)[C@H](C(=O)N(CC=C)c2c(C)cccc2Cl)N(CCO)C(=O)[C@@H]13)c1ccccc1. The highest BCUT2D eigenvalue weighted by molar-refractivity contribution is 6.34. The number of para-hydroxylation sites is 1. The molecular formula is C36H42ClN3O7. The minimum atomic E-state index is -1.31. The van der Waals surface area contributed by atoms with E-state index in [1.165, 1.54) is 9.80 Å². The molecule has 3 saturated heterocycles. The molecule has 10 nitrogen and oxygen atoms in total. The standard InChI is InChI=1S/C36H42ClN3O7/c1-5-7-16-27(42)38-23(4)31(24-13-9-8-10-14-24)46-35(45)28-26-17-18-36(47-26)29(28)33(43)40(20-21-41)32(36)34(44)39(19-6-2)30-22(3)12-11-15-25(30)37/h5-6,8-15,23,26,28-29,31-32,41H,1-2,7,16-21H2,3-4H3,(H,38,42)/t23-,26+,28-,29-,31-,32+,36-/m1/s1. The molecule has 7 atom stereocenters. The predicted molar refractivity (Wildman–Crippen MR) is 177 cm³/mol. The monoisotopic (exact) mass is 663 g/mol. The van der Waals surface area contributed by atoms with E-state index in [0.29, 0.717) is 35.5 Å². The molecule has 3 heterocycles. The largest absolute Gasteiger partial charge is 0.455 e. The van der Waals surface area contributed by atoms with Crippen molar-refractivity contribution in [3.8, 4) is 0 Å².